The Balaban J connectivity index is 2.22. The number of β-amino-alcohol motifs (C(OH)–C–C–N with tert-alkyl or cyclic N) is 1. The van der Waals surface area contributed by atoms with Crippen LogP contribution in [0.2, 0.25) is 0 Å². The molecule has 0 spiro atoms. The van der Waals surface area contributed by atoms with Gasteiger partial charge in [-0.1, -0.05) is 6.92 Å². The molecule has 1 rings (SSSR count). The summed E-state index contributed by atoms with van der Waals surface area (Å²) >= 11 is 0. The number of primary amides is 1. The molecule has 0 aromatic rings. The quantitative estimate of drug-likeness (QED) is 0.599. The Hall–Kier alpha value is -0.650. The Morgan fingerprint density at radius 2 is 1.87 bits per heavy atom. The monoisotopic (exact) mass is 215 g/mol. The highest BCUT2D eigenvalue weighted by molar-refractivity contribution is 5.76. The van der Waals surface area contributed by atoms with Gasteiger partial charge in [0.25, 0.3) is 0 Å². The molecule has 0 bridgehead atoms. The molecule has 1 aliphatic rings. The summed E-state index contributed by atoms with van der Waals surface area (Å²) in [5.41, 5.74) is 5.22. The molecule has 1 fully saturated rings. The van der Waals surface area contributed by atoms with Crippen LogP contribution in [0, 0.1) is 5.92 Å². The molecule has 0 radical (unpaired) electrons. The first kappa shape index (κ1) is 12.4. The molecule has 0 aromatic carbocycles. The van der Waals surface area contributed by atoms with Crippen LogP contribution in [0.25, 0.3) is 0 Å². The SMILES string of the molecule is CC(CN1CCN(CCO)CC1)C(N)=O. The van der Waals surface area contributed by atoms with Crippen molar-refractivity contribution in [3.63, 3.8) is 0 Å². The summed E-state index contributed by atoms with van der Waals surface area (Å²) in [5.74, 6) is -0.304. The smallest absolute Gasteiger partial charge is 0.221 e. The number of piperazine rings is 1. The van der Waals surface area contributed by atoms with Crippen molar-refractivity contribution in [3.05, 3.63) is 0 Å². The molecule has 3 N–H and O–H groups in total. The topological polar surface area (TPSA) is 69.8 Å². The van der Waals surface area contributed by atoms with Crippen LogP contribution in [0.15, 0.2) is 0 Å². The summed E-state index contributed by atoms with van der Waals surface area (Å²) in [4.78, 5) is 15.4. The van der Waals surface area contributed by atoms with Crippen LogP contribution in [-0.2, 0) is 4.79 Å². The second-order valence-corrected chi connectivity index (χ2v) is 4.17. The molecular weight excluding hydrogens is 194 g/mol. The zero-order valence-corrected chi connectivity index (χ0v) is 9.35. The maximum Gasteiger partial charge on any atom is 0.221 e. The summed E-state index contributed by atoms with van der Waals surface area (Å²) < 4.78 is 0. The van der Waals surface area contributed by atoms with Crippen LogP contribution in [0.4, 0.5) is 0 Å². The van der Waals surface area contributed by atoms with Crippen LogP contribution in [0.5, 0.6) is 0 Å². The number of hydrogen-bond donors (Lipinski definition) is 2. The third-order valence-electron chi connectivity index (χ3n) is 2.90. The summed E-state index contributed by atoms with van der Waals surface area (Å²) in [7, 11) is 0. The van der Waals surface area contributed by atoms with Gasteiger partial charge in [-0.3, -0.25) is 9.69 Å². The van der Waals surface area contributed by atoms with Crippen molar-refractivity contribution in [3.8, 4) is 0 Å². The normalized spacial score (nSPS) is 21.5. The molecule has 0 aromatic heterocycles. The number of amides is 1. The van der Waals surface area contributed by atoms with Gasteiger partial charge in [-0.15, -0.1) is 0 Å². The number of hydrogen-bond acceptors (Lipinski definition) is 4. The first-order valence-electron chi connectivity index (χ1n) is 5.48. The van der Waals surface area contributed by atoms with Gasteiger partial charge in [-0.05, 0) is 0 Å². The molecule has 1 saturated heterocycles. The van der Waals surface area contributed by atoms with E-state index in [0.29, 0.717) is 0 Å². The van der Waals surface area contributed by atoms with Crippen molar-refractivity contribution in [2.24, 2.45) is 11.7 Å². The Kier molecular flexibility index (Phi) is 5.01. The number of rotatable bonds is 5. The number of aliphatic hydroxyl groups is 1. The van der Waals surface area contributed by atoms with E-state index < -0.39 is 0 Å². The standard InChI is InChI=1S/C10H21N3O2/c1-9(10(11)15)8-13-4-2-12(3-5-13)6-7-14/h9,14H,2-8H2,1H3,(H2,11,15). The number of carbonyl (C=O) groups excluding carboxylic acids is 1. The van der Waals surface area contributed by atoms with Gasteiger partial charge >= 0.3 is 0 Å². The van der Waals surface area contributed by atoms with E-state index in [-0.39, 0.29) is 18.4 Å². The van der Waals surface area contributed by atoms with E-state index in [0.717, 1.165) is 39.3 Å². The van der Waals surface area contributed by atoms with Crippen molar-refractivity contribution < 1.29 is 9.90 Å². The molecule has 0 saturated carbocycles. The summed E-state index contributed by atoms with van der Waals surface area (Å²) in [6, 6.07) is 0. The highest BCUT2D eigenvalue weighted by atomic mass is 16.3. The Morgan fingerprint density at radius 1 is 1.33 bits per heavy atom. The maximum absolute atomic E-state index is 10.9. The van der Waals surface area contributed by atoms with Crippen molar-refractivity contribution in [1.29, 1.82) is 0 Å². The molecular formula is C10H21N3O2. The minimum Gasteiger partial charge on any atom is -0.395 e. The summed E-state index contributed by atoms with van der Waals surface area (Å²) in [6.45, 7) is 7.43. The van der Waals surface area contributed by atoms with Crippen molar-refractivity contribution in [2.75, 3.05) is 45.9 Å². The van der Waals surface area contributed by atoms with Crippen LogP contribution >= 0.6 is 0 Å². The third-order valence-corrected chi connectivity index (χ3v) is 2.90. The largest absolute Gasteiger partial charge is 0.395 e. The third kappa shape index (κ3) is 4.15. The lowest BCUT2D eigenvalue weighted by Gasteiger charge is -2.35. The molecule has 1 heterocycles. The van der Waals surface area contributed by atoms with Crippen LogP contribution in [0.3, 0.4) is 0 Å². The second-order valence-electron chi connectivity index (χ2n) is 4.17. The Labute approximate surface area is 90.8 Å². The average molecular weight is 215 g/mol. The number of aliphatic hydroxyl groups excluding tert-OH is 1. The second kappa shape index (κ2) is 6.05. The van der Waals surface area contributed by atoms with Gasteiger partial charge in [0, 0.05) is 45.2 Å². The number of nitrogens with zero attached hydrogens (tertiary/aromatic N) is 2. The molecule has 1 atom stereocenters. The minimum absolute atomic E-state index is 0.0746. The molecule has 5 nitrogen and oxygen atoms in total. The first-order valence-corrected chi connectivity index (χ1v) is 5.48. The van der Waals surface area contributed by atoms with Gasteiger partial charge in [0.05, 0.1) is 6.61 Å². The van der Waals surface area contributed by atoms with Crippen LogP contribution < -0.4 is 5.73 Å². The van der Waals surface area contributed by atoms with Crippen molar-refractivity contribution >= 4 is 5.91 Å². The van der Waals surface area contributed by atoms with Gasteiger partial charge in [0.2, 0.25) is 5.91 Å². The molecule has 1 aliphatic heterocycles. The fourth-order valence-electron chi connectivity index (χ4n) is 1.81. The van der Waals surface area contributed by atoms with E-state index in [1.165, 1.54) is 0 Å². The van der Waals surface area contributed by atoms with Gasteiger partial charge in [-0.2, -0.15) is 0 Å². The minimum atomic E-state index is -0.229. The fraction of sp³-hybridized carbons (Fsp3) is 0.900. The first-order chi connectivity index (χ1) is 7.13. The molecule has 5 heteroatoms. The lowest BCUT2D eigenvalue weighted by atomic mass is 10.1. The Bertz CT molecular complexity index is 203. The fourth-order valence-corrected chi connectivity index (χ4v) is 1.81. The number of nitrogens with two attached hydrogens (primary N) is 1. The van der Waals surface area contributed by atoms with Crippen molar-refractivity contribution in [2.45, 2.75) is 6.92 Å². The summed E-state index contributed by atoms with van der Waals surface area (Å²) in [5, 5.41) is 8.79. The predicted octanol–water partition coefficient (Wildman–Crippen LogP) is -1.28. The molecule has 15 heavy (non-hydrogen) atoms. The van der Waals surface area contributed by atoms with Crippen LogP contribution in [-0.4, -0.2) is 66.7 Å². The van der Waals surface area contributed by atoms with E-state index in [1.807, 2.05) is 6.92 Å². The predicted molar refractivity (Wildman–Crippen MR) is 58.3 cm³/mol. The Morgan fingerprint density at radius 3 is 2.33 bits per heavy atom. The van der Waals surface area contributed by atoms with E-state index in [9.17, 15) is 4.79 Å². The van der Waals surface area contributed by atoms with E-state index in [1.54, 1.807) is 0 Å². The average Bonchev–Trinajstić information content (AvgIpc) is 2.21. The number of carbonyl (C=O) groups is 1. The zero-order chi connectivity index (χ0) is 11.3. The van der Waals surface area contributed by atoms with Crippen molar-refractivity contribution in [1.82, 2.24) is 9.80 Å². The molecule has 1 amide bonds. The lowest BCUT2D eigenvalue weighted by Crippen LogP contribution is -2.49. The summed E-state index contributed by atoms with van der Waals surface area (Å²) in [6.07, 6.45) is 0. The molecule has 88 valence electrons. The van der Waals surface area contributed by atoms with E-state index >= 15 is 0 Å². The van der Waals surface area contributed by atoms with Gasteiger partial charge in [0.15, 0.2) is 0 Å². The van der Waals surface area contributed by atoms with E-state index in [4.69, 9.17) is 10.8 Å². The lowest BCUT2D eigenvalue weighted by molar-refractivity contribution is -0.122. The highest BCUT2D eigenvalue weighted by Gasteiger charge is 2.19. The highest BCUT2D eigenvalue weighted by Crippen LogP contribution is 2.04. The molecule has 0 aliphatic carbocycles. The van der Waals surface area contributed by atoms with E-state index in [2.05, 4.69) is 9.80 Å². The molecule has 1 unspecified atom stereocenters. The van der Waals surface area contributed by atoms with Gasteiger partial charge < -0.3 is 15.7 Å². The van der Waals surface area contributed by atoms with Gasteiger partial charge in [0.1, 0.15) is 0 Å². The zero-order valence-electron chi connectivity index (χ0n) is 9.35. The van der Waals surface area contributed by atoms with Crippen LogP contribution in [0.1, 0.15) is 6.92 Å². The van der Waals surface area contributed by atoms with Gasteiger partial charge in [-0.25, -0.2) is 0 Å². The maximum atomic E-state index is 10.9.